The van der Waals surface area contributed by atoms with Gasteiger partial charge in [-0.15, -0.1) is 0 Å². The second kappa shape index (κ2) is 7.06. The van der Waals surface area contributed by atoms with Crippen molar-refractivity contribution >= 4 is 28.9 Å². The number of nitro benzene ring substituents is 1. The van der Waals surface area contributed by atoms with Gasteiger partial charge in [-0.1, -0.05) is 18.5 Å². The second-order valence-corrected chi connectivity index (χ2v) is 4.54. The maximum absolute atomic E-state index is 11.7. The molecule has 0 heterocycles. The van der Waals surface area contributed by atoms with Crippen LogP contribution in [0.4, 0.5) is 11.4 Å². The maximum Gasteiger partial charge on any atom is 0.288 e. The third-order valence-corrected chi connectivity index (χ3v) is 2.78. The van der Waals surface area contributed by atoms with Gasteiger partial charge < -0.3 is 10.6 Å². The van der Waals surface area contributed by atoms with Crippen LogP contribution in [0.1, 0.15) is 20.3 Å². The molecule has 0 aromatic heterocycles. The van der Waals surface area contributed by atoms with Crippen molar-refractivity contribution in [1.82, 2.24) is 5.32 Å². The molecule has 7 heteroatoms. The first-order chi connectivity index (χ1) is 8.93. The molecule has 1 atom stereocenters. The molecule has 0 saturated heterocycles. The summed E-state index contributed by atoms with van der Waals surface area (Å²) in [5, 5.41) is 16.4. The van der Waals surface area contributed by atoms with Gasteiger partial charge >= 0.3 is 0 Å². The van der Waals surface area contributed by atoms with E-state index >= 15 is 0 Å². The van der Waals surface area contributed by atoms with Crippen LogP contribution in [0.3, 0.4) is 0 Å². The first kappa shape index (κ1) is 15.4. The van der Waals surface area contributed by atoms with Gasteiger partial charge in [0.25, 0.3) is 5.69 Å². The topological polar surface area (TPSA) is 84.3 Å². The summed E-state index contributed by atoms with van der Waals surface area (Å²) in [4.78, 5) is 21.7. The van der Waals surface area contributed by atoms with Crippen molar-refractivity contribution in [2.45, 2.75) is 26.3 Å². The molecule has 0 fully saturated rings. The van der Waals surface area contributed by atoms with Gasteiger partial charge in [0, 0.05) is 24.2 Å². The summed E-state index contributed by atoms with van der Waals surface area (Å²) in [6.45, 7) is 4.66. The fourth-order valence-electron chi connectivity index (χ4n) is 1.64. The van der Waals surface area contributed by atoms with Crippen LogP contribution < -0.4 is 10.6 Å². The molecule has 0 aliphatic carbocycles. The molecule has 0 spiro atoms. The second-order valence-electron chi connectivity index (χ2n) is 4.13. The number of nitro groups is 1. The molecule has 0 radical (unpaired) electrons. The highest BCUT2D eigenvalue weighted by Crippen LogP contribution is 2.27. The Kier molecular flexibility index (Phi) is 5.72. The largest absolute Gasteiger partial charge is 0.326 e. The summed E-state index contributed by atoms with van der Waals surface area (Å²) in [5.41, 5.74) is 0.269. The first-order valence-electron chi connectivity index (χ1n) is 5.91. The molecule has 104 valence electrons. The van der Waals surface area contributed by atoms with Gasteiger partial charge in [-0.3, -0.25) is 14.9 Å². The molecule has 0 saturated carbocycles. The Morgan fingerprint density at radius 2 is 2.21 bits per heavy atom. The van der Waals surface area contributed by atoms with Gasteiger partial charge in [0.1, 0.15) is 5.02 Å². The lowest BCUT2D eigenvalue weighted by atomic mass is 10.2. The number of carbonyl (C=O) groups excluding carboxylic acids is 1. The van der Waals surface area contributed by atoms with E-state index in [4.69, 9.17) is 11.6 Å². The van der Waals surface area contributed by atoms with Crippen LogP contribution in [-0.2, 0) is 4.79 Å². The normalized spacial score (nSPS) is 11.9. The van der Waals surface area contributed by atoms with Crippen LogP contribution in [0, 0.1) is 10.1 Å². The molecular formula is C12H16ClN3O3. The Labute approximate surface area is 116 Å². The van der Waals surface area contributed by atoms with E-state index in [1.807, 2.05) is 13.8 Å². The van der Waals surface area contributed by atoms with Gasteiger partial charge in [0.2, 0.25) is 5.91 Å². The predicted molar refractivity (Wildman–Crippen MR) is 74.5 cm³/mol. The van der Waals surface area contributed by atoms with E-state index in [1.54, 1.807) is 0 Å². The van der Waals surface area contributed by atoms with Crippen LogP contribution in [-0.4, -0.2) is 23.4 Å². The van der Waals surface area contributed by atoms with Gasteiger partial charge in [0.15, 0.2) is 0 Å². The maximum atomic E-state index is 11.7. The number of hydrogen-bond donors (Lipinski definition) is 2. The lowest BCUT2D eigenvalue weighted by Crippen LogP contribution is -2.30. The summed E-state index contributed by atoms with van der Waals surface area (Å²) in [5.74, 6) is -0.168. The minimum Gasteiger partial charge on any atom is -0.326 e. The van der Waals surface area contributed by atoms with E-state index in [-0.39, 0.29) is 22.7 Å². The quantitative estimate of drug-likeness (QED) is 0.621. The first-order valence-corrected chi connectivity index (χ1v) is 6.29. The van der Waals surface area contributed by atoms with E-state index in [2.05, 4.69) is 10.6 Å². The number of nitrogens with zero attached hydrogens (tertiary/aromatic N) is 1. The standard InChI is InChI=1S/C12H16ClN3O3/c1-3-14-8(2)6-12(17)15-9-4-5-11(16(18)19)10(13)7-9/h4-5,7-8,14H,3,6H2,1-2H3,(H,15,17). The number of halogens is 1. The molecule has 19 heavy (non-hydrogen) atoms. The molecule has 0 aliphatic heterocycles. The third kappa shape index (κ3) is 4.84. The van der Waals surface area contributed by atoms with E-state index in [0.29, 0.717) is 12.1 Å². The highest BCUT2D eigenvalue weighted by atomic mass is 35.5. The Balaban J connectivity index is 2.65. The molecule has 1 unspecified atom stereocenters. The number of hydrogen-bond acceptors (Lipinski definition) is 4. The van der Waals surface area contributed by atoms with Crippen molar-refractivity contribution in [2.75, 3.05) is 11.9 Å². The monoisotopic (exact) mass is 285 g/mol. The van der Waals surface area contributed by atoms with Crippen LogP contribution in [0.2, 0.25) is 5.02 Å². The fourth-order valence-corrected chi connectivity index (χ4v) is 1.89. The molecule has 2 N–H and O–H groups in total. The molecule has 1 aromatic rings. The molecule has 0 bridgehead atoms. The van der Waals surface area contributed by atoms with Crippen LogP contribution in [0.25, 0.3) is 0 Å². The van der Waals surface area contributed by atoms with Crippen molar-refractivity contribution in [2.24, 2.45) is 0 Å². The van der Waals surface area contributed by atoms with Crippen molar-refractivity contribution in [3.8, 4) is 0 Å². The summed E-state index contributed by atoms with van der Waals surface area (Å²) in [6, 6.07) is 4.17. The molecule has 1 amide bonds. The zero-order valence-electron chi connectivity index (χ0n) is 10.8. The van der Waals surface area contributed by atoms with Gasteiger partial charge in [0.05, 0.1) is 4.92 Å². The number of rotatable bonds is 6. The Morgan fingerprint density at radius 1 is 1.53 bits per heavy atom. The van der Waals surface area contributed by atoms with Crippen LogP contribution in [0.5, 0.6) is 0 Å². The number of benzene rings is 1. The van der Waals surface area contributed by atoms with Crippen LogP contribution in [0.15, 0.2) is 18.2 Å². The number of amides is 1. The van der Waals surface area contributed by atoms with Crippen molar-refractivity contribution in [3.05, 3.63) is 33.3 Å². The van der Waals surface area contributed by atoms with Crippen molar-refractivity contribution in [1.29, 1.82) is 0 Å². The Bertz CT molecular complexity index is 479. The van der Waals surface area contributed by atoms with E-state index < -0.39 is 4.92 Å². The average Bonchev–Trinajstić information content (AvgIpc) is 2.28. The van der Waals surface area contributed by atoms with E-state index in [0.717, 1.165) is 6.54 Å². The molecular weight excluding hydrogens is 270 g/mol. The molecule has 1 aromatic carbocycles. The molecule has 0 aliphatic rings. The average molecular weight is 286 g/mol. The third-order valence-electron chi connectivity index (χ3n) is 2.47. The summed E-state index contributed by atoms with van der Waals surface area (Å²) >= 11 is 5.76. The van der Waals surface area contributed by atoms with Gasteiger partial charge in [-0.25, -0.2) is 0 Å². The predicted octanol–water partition coefficient (Wildman–Crippen LogP) is 2.57. The lowest BCUT2D eigenvalue weighted by Gasteiger charge is -2.12. The molecule has 6 nitrogen and oxygen atoms in total. The fraction of sp³-hybridized carbons (Fsp3) is 0.417. The van der Waals surface area contributed by atoms with Crippen LogP contribution >= 0.6 is 11.6 Å². The van der Waals surface area contributed by atoms with Gasteiger partial charge in [-0.05, 0) is 25.6 Å². The highest BCUT2D eigenvalue weighted by molar-refractivity contribution is 6.33. The van der Waals surface area contributed by atoms with Crippen molar-refractivity contribution in [3.63, 3.8) is 0 Å². The van der Waals surface area contributed by atoms with Crippen molar-refractivity contribution < 1.29 is 9.72 Å². The zero-order valence-corrected chi connectivity index (χ0v) is 11.5. The number of anilines is 1. The van der Waals surface area contributed by atoms with Gasteiger partial charge in [-0.2, -0.15) is 0 Å². The smallest absolute Gasteiger partial charge is 0.288 e. The number of carbonyl (C=O) groups is 1. The summed E-state index contributed by atoms with van der Waals surface area (Å²) < 4.78 is 0. The van der Waals surface area contributed by atoms with E-state index in [1.165, 1.54) is 18.2 Å². The number of nitrogens with one attached hydrogen (secondary N) is 2. The lowest BCUT2D eigenvalue weighted by molar-refractivity contribution is -0.384. The summed E-state index contributed by atoms with van der Waals surface area (Å²) in [7, 11) is 0. The van der Waals surface area contributed by atoms with E-state index in [9.17, 15) is 14.9 Å². The zero-order chi connectivity index (χ0) is 14.4. The summed E-state index contributed by atoms with van der Waals surface area (Å²) in [6.07, 6.45) is 0.322. The Hall–Kier alpha value is -1.66. The Morgan fingerprint density at radius 3 is 2.74 bits per heavy atom. The minimum atomic E-state index is -0.568. The molecule has 1 rings (SSSR count). The minimum absolute atomic E-state index is 0.00234. The SMILES string of the molecule is CCNC(C)CC(=O)Nc1ccc([N+](=O)[O-])c(Cl)c1. The highest BCUT2D eigenvalue weighted by Gasteiger charge is 2.14.